The maximum Gasteiger partial charge on any atom is 0.490 e. The minimum absolute atomic E-state index is 0.204. The molecule has 1 heterocycles. The maximum absolute atomic E-state index is 12.6. The van der Waals surface area contributed by atoms with Crippen LogP contribution >= 0.6 is 22.6 Å². The van der Waals surface area contributed by atoms with Crippen LogP contribution in [0.5, 0.6) is 11.5 Å². The molecule has 1 N–H and O–H groups in total. The highest BCUT2D eigenvalue weighted by Gasteiger charge is 2.15. The van der Waals surface area contributed by atoms with E-state index in [1.807, 2.05) is 30.3 Å². The molecule has 0 aliphatic rings. The van der Waals surface area contributed by atoms with Gasteiger partial charge in [-0.05, 0) is 93.2 Å². The SMILES string of the molecule is COc1ccc(C=NNC(=O)c2cccc(COc3ccc(I)cc3)c2)cc1Cn1cnc([N+](=O)[O-])n1. The quantitative estimate of drug-likeness (QED) is 0.123. The number of nitrogens with zero attached hydrogens (tertiary/aromatic N) is 5. The molecule has 11 nitrogen and oxygen atoms in total. The van der Waals surface area contributed by atoms with Gasteiger partial charge in [-0.2, -0.15) is 9.78 Å². The van der Waals surface area contributed by atoms with Crippen molar-refractivity contribution in [1.82, 2.24) is 20.2 Å². The second kappa shape index (κ2) is 12.1. The number of amides is 1. The molecule has 0 fully saturated rings. The van der Waals surface area contributed by atoms with Gasteiger partial charge >= 0.3 is 5.95 Å². The van der Waals surface area contributed by atoms with E-state index in [-0.39, 0.29) is 12.5 Å². The number of carbonyl (C=O) groups is 1. The zero-order valence-electron chi connectivity index (χ0n) is 19.6. The molecular formula is C25H21IN6O5. The van der Waals surface area contributed by atoms with Gasteiger partial charge in [-0.1, -0.05) is 17.1 Å². The Morgan fingerprint density at radius 1 is 1.19 bits per heavy atom. The van der Waals surface area contributed by atoms with Crippen LogP contribution in [0, 0.1) is 13.7 Å². The van der Waals surface area contributed by atoms with Gasteiger partial charge in [0.1, 0.15) is 18.1 Å². The van der Waals surface area contributed by atoms with Gasteiger partial charge in [-0.25, -0.2) is 5.43 Å². The monoisotopic (exact) mass is 612 g/mol. The van der Waals surface area contributed by atoms with E-state index in [0.717, 1.165) is 14.9 Å². The predicted molar refractivity (Wildman–Crippen MR) is 144 cm³/mol. The number of hydrogen-bond acceptors (Lipinski definition) is 8. The predicted octanol–water partition coefficient (Wildman–Crippen LogP) is 4.19. The number of aromatic nitrogens is 3. The van der Waals surface area contributed by atoms with Crippen molar-refractivity contribution in [2.75, 3.05) is 7.11 Å². The van der Waals surface area contributed by atoms with E-state index in [9.17, 15) is 14.9 Å². The summed E-state index contributed by atoms with van der Waals surface area (Å²) in [5.74, 6) is 0.477. The van der Waals surface area contributed by atoms with E-state index in [1.54, 1.807) is 36.4 Å². The zero-order valence-corrected chi connectivity index (χ0v) is 21.7. The van der Waals surface area contributed by atoms with Crippen molar-refractivity contribution in [2.45, 2.75) is 13.2 Å². The third-order valence-electron chi connectivity index (χ3n) is 5.11. The Bertz CT molecular complexity index is 1440. The molecule has 0 bridgehead atoms. The van der Waals surface area contributed by atoms with Crippen LogP contribution in [0.4, 0.5) is 5.95 Å². The molecule has 4 rings (SSSR count). The highest BCUT2D eigenvalue weighted by molar-refractivity contribution is 14.1. The average Bonchev–Trinajstić information content (AvgIpc) is 3.38. The molecule has 37 heavy (non-hydrogen) atoms. The number of hydrazone groups is 1. The minimum Gasteiger partial charge on any atom is -0.496 e. The highest BCUT2D eigenvalue weighted by Crippen LogP contribution is 2.21. The fourth-order valence-electron chi connectivity index (χ4n) is 3.35. The van der Waals surface area contributed by atoms with Crippen LogP contribution in [0.3, 0.4) is 0 Å². The normalized spacial score (nSPS) is 10.9. The van der Waals surface area contributed by atoms with Crippen LogP contribution in [0.1, 0.15) is 27.0 Å². The van der Waals surface area contributed by atoms with E-state index in [1.165, 1.54) is 24.3 Å². The summed E-state index contributed by atoms with van der Waals surface area (Å²) < 4.78 is 13.6. The topological polar surface area (TPSA) is 134 Å². The van der Waals surface area contributed by atoms with Crippen LogP contribution in [-0.4, -0.2) is 38.9 Å². The summed E-state index contributed by atoms with van der Waals surface area (Å²) >= 11 is 2.23. The number of benzene rings is 3. The minimum atomic E-state index is -0.661. The summed E-state index contributed by atoms with van der Waals surface area (Å²) in [5.41, 5.74) is 5.21. The second-order valence-corrected chi connectivity index (χ2v) is 8.96. The first-order valence-electron chi connectivity index (χ1n) is 10.9. The van der Waals surface area contributed by atoms with Crippen LogP contribution < -0.4 is 14.9 Å². The number of rotatable bonds is 10. The highest BCUT2D eigenvalue weighted by atomic mass is 127. The molecule has 0 unspecified atom stereocenters. The van der Waals surface area contributed by atoms with E-state index >= 15 is 0 Å². The molecule has 1 amide bonds. The van der Waals surface area contributed by atoms with Crippen molar-refractivity contribution < 1.29 is 19.2 Å². The largest absolute Gasteiger partial charge is 0.496 e. The Balaban J connectivity index is 1.38. The van der Waals surface area contributed by atoms with Crippen LogP contribution in [-0.2, 0) is 13.2 Å². The first-order chi connectivity index (χ1) is 17.9. The summed E-state index contributed by atoms with van der Waals surface area (Å²) in [6.07, 6.45) is 2.77. The first-order valence-corrected chi connectivity index (χ1v) is 12.0. The molecule has 0 atom stereocenters. The summed E-state index contributed by atoms with van der Waals surface area (Å²) in [7, 11) is 1.52. The smallest absolute Gasteiger partial charge is 0.490 e. The van der Waals surface area contributed by atoms with Crippen molar-refractivity contribution in [2.24, 2.45) is 5.10 Å². The molecular weight excluding hydrogens is 591 g/mol. The third kappa shape index (κ3) is 7.10. The Hall–Kier alpha value is -4.33. The average molecular weight is 612 g/mol. The third-order valence-corrected chi connectivity index (χ3v) is 5.83. The number of carbonyl (C=O) groups excluding carboxylic acids is 1. The van der Waals surface area contributed by atoms with Crippen molar-refractivity contribution in [3.8, 4) is 11.5 Å². The lowest BCUT2D eigenvalue weighted by Crippen LogP contribution is -2.18. The van der Waals surface area contributed by atoms with Gasteiger partial charge in [0.2, 0.25) is 6.33 Å². The first kappa shape index (κ1) is 25.8. The Morgan fingerprint density at radius 3 is 2.73 bits per heavy atom. The molecule has 188 valence electrons. The summed E-state index contributed by atoms with van der Waals surface area (Å²) in [5, 5.41) is 18.7. The standard InChI is InChI=1S/C25H21IN6O5/c1-36-23-10-5-17(11-20(23)14-31-16-27-25(30-31)32(34)35)13-28-29-24(33)19-4-2-3-18(12-19)15-37-22-8-6-21(26)7-9-22/h2-13,16H,14-15H2,1H3,(H,29,33). The lowest BCUT2D eigenvalue weighted by molar-refractivity contribution is -0.394. The number of methoxy groups -OCH3 is 1. The second-order valence-electron chi connectivity index (χ2n) is 7.71. The van der Waals surface area contributed by atoms with Crippen molar-refractivity contribution in [1.29, 1.82) is 0 Å². The molecule has 4 aromatic rings. The lowest BCUT2D eigenvalue weighted by atomic mass is 10.1. The molecule has 0 saturated carbocycles. The summed E-state index contributed by atoms with van der Waals surface area (Å²) in [6, 6.07) is 20.1. The number of nitro groups is 1. The van der Waals surface area contributed by atoms with Gasteiger partial charge in [0.25, 0.3) is 5.91 Å². The number of nitrogens with one attached hydrogen (secondary N) is 1. The fraction of sp³-hybridized carbons (Fsp3) is 0.120. The Labute approximate surface area is 225 Å². The van der Waals surface area contributed by atoms with E-state index < -0.39 is 10.9 Å². The van der Waals surface area contributed by atoms with Gasteiger partial charge in [0.15, 0.2) is 0 Å². The zero-order chi connectivity index (χ0) is 26.2. The van der Waals surface area contributed by atoms with Gasteiger partial charge in [0, 0.05) is 19.8 Å². The number of hydrogen-bond donors (Lipinski definition) is 1. The lowest BCUT2D eigenvalue weighted by Gasteiger charge is -2.08. The molecule has 3 aromatic carbocycles. The van der Waals surface area contributed by atoms with Crippen LogP contribution in [0.25, 0.3) is 0 Å². The van der Waals surface area contributed by atoms with Crippen LogP contribution in [0.15, 0.2) is 78.2 Å². The van der Waals surface area contributed by atoms with Crippen molar-refractivity contribution in [3.05, 3.63) is 109 Å². The Morgan fingerprint density at radius 2 is 2.00 bits per heavy atom. The molecule has 1 aromatic heterocycles. The van der Waals surface area contributed by atoms with Gasteiger partial charge in [-0.15, -0.1) is 0 Å². The van der Waals surface area contributed by atoms with Gasteiger partial charge < -0.3 is 19.6 Å². The van der Waals surface area contributed by atoms with Gasteiger partial charge in [-0.3, -0.25) is 4.79 Å². The van der Waals surface area contributed by atoms with Crippen molar-refractivity contribution in [3.63, 3.8) is 0 Å². The number of halogens is 1. The Kier molecular flexibility index (Phi) is 8.40. The van der Waals surface area contributed by atoms with E-state index in [2.05, 4.69) is 43.2 Å². The molecule has 0 saturated heterocycles. The van der Waals surface area contributed by atoms with Gasteiger partial charge in [0.05, 0.1) is 19.9 Å². The summed E-state index contributed by atoms with van der Waals surface area (Å²) in [6.45, 7) is 0.531. The van der Waals surface area contributed by atoms with Crippen LogP contribution in [0.2, 0.25) is 0 Å². The fourth-order valence-corrected chi connectivity index (χ4v) is 3.71. The van der Waals surface area contributed by atoms with E-state index in [0.29, 0.717) is 29.0 Å². The summed E-state index contributed by atoms with van der Waals surface area (Å²) in [4.78, 5) is 26.4. The molecule has 12 heteroatoms. The molecule has 0 spiro atoms. The molecule has 0 aliphatic carbocycles. The van der Waals surface area contributed by atoms with E-state index in [4.69, 9.17) is 9.47 Å². The number of ether oxygens (including phenoxy) is 2. The maximum atomic E-state index is 12.6. The van der Waals surface area contributed by atoms with Crippen molar-refractivity contribution >= 4 is 40.7 Å². The molecule has 0 aliphatic heterocycles. The molecule has 0 radical (unpaired) electrons.